The van der Waals surface area contributed by atoms with Crippen LogP contribution in [0.4, 0.5) is 0 Å². The molecule has 2 bridgehead atoms. The number of rotatable bonds is 7. The SMILES string of the molecule is CCCCCN1N=C(C(=O)N[C@H]2C[C@H]3CC[C@]2(C)C3(C)C)CC1c1csc2ccccc12. The molecule has 5 heteroatoms. The molecule has 4 atom stereocenters. The van der Waals surface area contributed by atoms with Gasteiger partial charge >= 0.3 is 0 Å². The first-order valence-corrected chi connectivity index (χ1v) is 13.3. The molecular formula is C27H37N3OS. The summed E-state index contributed by atoms with van der Waals surface area (Å²) in [5.74, 6) is 0.779. The number of fused-ring (bicyclic) bond motifs is 3. The number of carbonyl (C=O) groups excluding carboxylic acids is 1. The number of benzene rings is 1. The van der Waals surface area contributed by atoms with Crippen molar-refractivity contribution in [3.8, 4) is 0 Å². The molecule has 1 aliphatic heterocycles. The van der Waals surface area contributed by atoms with Crippen LogP contribution in [0.5, 0.6) is 0 Å². The first-order valence-electron chi connectivity index (χ1n) is 12.5. The number of unbranched alkanes of at least 4 members (excludes halogenated alkanes) is 2. The van der Waals surface area contributed by atoms with Crippen molar-refractivity contribution in [1.82, 2.24) is 10.3 Å². The highest BCUT2D eigenvalue weighted by Gasteiger charge is 2.61. The molecule has 0 radical (unpaired) electrons. The quantitative estimate of drug-likeness (QED) is 0.487. The van der Waals surface area contributed by atoms with E-state index in [9.17, 15) is 4.79 Å². The monoisotopic (exact) mass is 451 g/mol. The summed E-state index contributed by atoms with van der Waals surface area (Å²) in [6.45, 7) is 10.3. The van der Waals surface area contributed by atoms with Gasteiger partial charge in [-0.15, -0.1) is 11.3 Å². The Morgan fingerprint density at radius 3 is 2.78 bits per heavy atom. The van der Waals surface area contributed by atoms with Crippen LogP contribution in [0.25, 0.3) is 10.1 Å². The summed E-state index contributed by atoms with van der Waals surface area (Å²) >= 11 is 1.80. The fraction of sp³-hybridized carbons (Fsp3) is 0.630. The Labute approximate surface area is 196 Å². The summed E-state index contributed by atoms with van der Waals surface area (Å²) in [4.78, 5) is 13.4. The molecule has 1 unspecified atom stereocenters. The van der Waals surface area contributed by atoms with E-state index in [4.69, 9.17) is 5.10 Å². The standard InChI is InChI=1S/C27H37N3OS/c1-5-6-9-14-30-22(20-17-32-23-11-8-7-10-19(20)23)16-21(29-30)25(31)28-24-15-18-12-13-27(24,4)26(18,2)3/h7-8,10-11,17-18,22,24H,5-6,9,12-16H2,1-4H3,(H,28,31)/t18-,22?,24+,27+/m1/s1. The maximum atomic E-state index is 13.4. The van der Waals surface area contributed by atoms with Gasteiger partial charge in [0, 0.05) is 23.7 Å². The fourth-order valence-corrected chi connectivity index (χ4v) is 7.62. The highest BCUT2D eigenvalue weighted by Crippen LogP contribution is 2.65. The van der Waals surface area contributed by atoms with Gasteiger partial charge in [-0.2, -0.15) is 5.10 Å². The highest BCUT2D eigenvalue weighted by atomic mass is 32.1. The predicted molar refractivity (Wildman–Crippen MR) is 134 cm³/mol. The zero-order chi connectivity index (χ0) is 22.5. The molecule has 1 aromatic heterocycles. The van der Waals surface area contributed by atoms with Crippen LogP contribution in [-0.4, -0.2) is 29.2 Å². The summed E-state index contributed by atoms with van der Waals surface area (Å²) in [7, 11) is 0. The molecule has 0 saturated heterocycles. The van der Waals surface area contributed by atoms with Gasteiger partial charge in [-0.25, -0.2) is 0 Å². The normalized spacial score (nSPS) is 30.8. The second kappa shape index (κ2) is 8.16. The topological polar surface area (TPSA) is 44.7 Å². The Morgan fingerprint density at radius 1 is 1.25 bits per heavy atom. The van der Waals surface area contributed by atoms with Gasteiger partial charge in [-0.1, -0.05) is 58.7 Å². The third-order valence-electron chi connectivity index (χ3n) is 9.22. The average Bonchev–Trinajstić information content (AvgIpc) is 3.48. The van der Waals surface area contributed by atoms with E-state index in [1.54, 1.807) is 11.3 Å². The molecule has 3 aliphatic rings. The first kappa shape index (κ1) is 21.9. The number of hydrogen-bond donors (Lipinski definition) is 1. The number of hydrogen-bond acceptors (Lipinski definition) is 4. The molecule has 172 valence electrons. The lowest BCUT2D eigenvalue weighted by atomic mass is 9.69. The van der Waals surface area contributed by atoms with Crippen LogP contribution in [0.1, 0.15) is 84.2 Å². The highest BCUT2D eigenvalue weighted by molar-refractivity contribution is 7.17. The number of thiophene rings is 1. The van der Waals surface area contributed by atoms with Crippen LogP contribution in [0.15, 0.2) is 34.7 Å². The van der Waals surface area contributed by atoms with Crippen molar-refractivity contribution in [2.45, 2.75) is 84.7 Å². The van der Waals surface area contributed by atoms with Gasteiger partial charge in [0.05, 0.1) is 6.04 Å². The van der Waals surface area contributed by atoms with E-state index in [1.807, 2.05) is 0 Å². The lowest BCUT2D eigenvalue weighted by Gasteiger charge is -2.39. The van der Waals surface area contributed by atoms with Gasteiger partial charge in [0.2, 0.25) is 0 Å². The summed E-state index contributed by atoms with van der Waals surface area (Å²) < 4.78 is 1.31. The Bertz CT molecular complexity index is 1040. The van der Waals surface area contributed by atoms with Gasteiger partial charge in [0.1, 0.15) is 5.71 Å². The number of carbonyl (C=O) groups is 1. The van der Waals surface area contributed by atoms with Crippen LogP contribution in [0.2, 0.25) is 0 Å². The molecule has 1 N–H and O–H groups in total. The lowest BCUT2D eigenvalue weighted by molar-refractivity contribution is -0.116. The molecule has 2 aliphatic carbocycles. The van der Waals surface area contributed by atoms with Crippen LogP contribution >= 0.6 is 11.3 Å². The van der Waals surface area contributed by atoms with E-state index in [1.165, 1.54) is 41.3 Å². The number of amides is 1. The van der Waals surface area contributed by atoms with Gasteiger partial charge in [0.15, 0.2) is 0 Å². The van der Waals surface area contributed by atoms with Crippen LogP contribution in [0.3, 0.4) is 0 Å². The second-order valence-electron chi connectivity index (χ2n) is 11.0. The van der Waals surface area contributed by atoms with E-state index >= 15 is 0 Å². The summed E-state index contributed by atoms with van der Waals surface area (Å²) in [6.07, 6.45) is 7.83. The molecule has 2 aromatic rings. The molecule has 0 spiro atoms. The molecule has 32 heavy (non-hydrogen) atoms. The molecule has 5 rings (SSSR count). The largest absolute Gasteiger partial charge is 0.348 e. The average molecular weight is 452 g/mol. The van der Waals surface area contributed by atoms with Gasteiger partial charge in [0.25, 0.3) is 5.91 Å². The van der Waals surface area contributed by atoms with E-state index in [2.05, 4.69) is 67.7 Å². The number of nitrogens with zero attached hydrogens (tertiary/aromatic N) is 2. The minimum atomic E-state index is 0.0575. The minimum Gasteiger partial charge on any atom is -0.348 e. The molecule has 1 aromatic carbocycles. The van der Waals surface area contributed by atoms with Gasteiger partial charge < -0.3 is 5.32 Å². The summed E-state index contributed by atoms with van der Waals surface area (Å²) in [5.41, 5.74) is 2.52. The van der Waals surface area contributed by atoms with Crippen molar-refractivity contribution in [3.05, 3.63) is 35.2 Å². The number of hydrazone groups is 1. The van der Waals surface area contributed by atoms with Crippen molar-refractivity contribution >= 4 is 33.0 Å². The smallest absolute Gasteiger partial charge is 0.267 e. The van der Waals surface area contributed by atoms with Crippen LogP contribution < -0.4 is 5.32 Å². The van der Waals surface area contributed by atoms with E-state index in [0.29, 0.717) is 17.5 Å². The van der Waals surface area contributed by atoms with Crippen molar-refractivity contribution in [3.63, 3.8) is 0 Å². The van der Waals surface area contributed by atoms with Gasteiger partial charge in [-0.05, 0) is 64.8 Å². The maximum absolute atomic E-state index is 13.4. The molecular weight excluding hydrogens is 414 g/mol. The van der Waals surface area contributed by atoms with E-state index in [0.717, 1.165) is 25.3 Å². The third-order valence-corrected chi connectivity index (χ3v) is 10.2. The van der Waals surface area contributed by atoms with Crippen molar-refractivity contribution in [2.75, 3.05) is 6.54 Å². The first-order chi connectivity index (χ1) is 15.3. The Morgan fingerprint density at radius 2 is 2.06 bits per heavy atom. The Balaban J connectivity index is 1.36. The second-order valence-corrected chi connectivity index (χ2v) is 11.9. The molecule has 4 nitrogen and oxygen atoms in total. The van der Waals surface area contributed by atoms with Gasteiger partial charge in [-0.3, -0.25) is 9.80 Å². The minimum absolute atomic E-state index is 0.0575. The van der Waals surface area contributed by atoms with Crippen molar-refractivity contribution in [2.24, 2.45) is 21.8 Å². The molecule has 1 amide bonds. The summed E-state index contributed by atoms with van der Waals surface area (Å²) in [6, 6.07) is 9.04. The molecule has 2 heterocycles. The van der Waals surface area contributed by atoms with Crippen LogP contribution in [0, 0.1) is 16.7 Å². The third kappa shape index (κ3) is 3.39. The van der Waals surface area contributed by atoms with Crippen molar-refractivity contribution < 1.29 is 4.79 Å². The zero-order valence-corrected chi connectivity index (χ0v) is 20.8. The number of nitrogens with one attached hydrogen (secondary N) is 1. The Hall–Kier alpha value is -1.88. The van der Waals surface area contributed by atoms with Crippen molar-refractivity contribution in [1.29, 1.82) is 0 Å². The maximum Gasteiger partial charge on any atom is 0.267 e. The van der Waals surface area contributed by atoms with E-state index < -0.39 is 0 Å². The van der Waals surface area contributed by atoms with Crippen LogP contribution in [-0.2, 0) is 4.79 Å². The summed E-state index contributed by atoms with van der Waals surface area (Å²) in [5, 5.41) is 14.1. The molecule has 2 saturated carbocycles. The zero-order valence-electron chi connectivity index (χ0n) is 20.0. The Kier molecular flexibility index (Phi) is 5.59. The fourth-order valence-electron chi connectivity index (χ4n) is 6.61. The molecule has 2 fully saturated rings. The lowest BCUT2D eigenvalue weighted by Crippen LogP contribution is -2.48. The van der Waals surface area contributed by atoms with E-state index in [-0.39, 0.29) is 23.4 Å². The predicted octanol–water partition coefficient (Wildman–Crippen LogP) is 6.53.